The minimum Gasteiger partial charge on any atom is -0.370 e. The van der Waals surface area contributed by atoms with E-state index in [2.05, 4.69) is 25.7 Å². The maximum atomic E-state index is 6.76. The van der Waals surface area contributed by atoms with Crippen LogP contribution < -0.4 is 11.1 Å². The van der Waals surface area contributed by atoms with Crippen molar-refractivity contribution in [3.05, 3.63) is 6.33 Å². The third-order valence-corrected chi connectivity index (χ3v) is 0.655. The Hall–Kier alpha value is -1.79. The number of aromatic nitrogens is 4. The molecule has 52 valence electrons. The molecule has 1 aromatic rings. The van der Waals surface area contributed by atoms with Crippen LogP contribution in [0.4, 0.5) is 5.95 Å². The number of hydrogen-bond donors (Lipinski definition) is 3. The van der Waals surface area contributed by atoms with Gasteiger partial charge in [0.2, 0.25) is 0 Å². The summed E-state index contributed by atoms with van der Waals surface area (Å²) in [5, 5.41) is 22.8. The first-order valence-electron chi connectivity index (χ1n) is 2.40. The van der Waals surface area contributed by atoms with Crippen LogP contribution in [0, 0.1) is 5.41 Å². The highest BCUT2D eigenvalue weighted by molar-refractivity contribution is 5.87. The van der Waals surface area contributed by atoms with Crippen LogP contribution in [0.15, 0.2) is 6.33 Å². The second kappa shape index (κ2) is 2.67. The Kier molecular flexibility index (Phi) is 1.69. The van der Waals surface area contributed by atoms with Crippen molar-refractivity contribution in [1.82, 2.24) is 20.4 Å². The predicted octanol–water partition coefficient (Wildman–Crippen LogP) is -1.43. The second-order valence-electron chi connectivity index (χ2n) is 1.41. The molecule has 0 fully saturated rings. The van der Waals surface area contributed by atoms with Crippen molar-refractivity contribution >= 4 is 11.9 Å². The van der Waals surface area contributed by atoms with E-state index in [4.69, 9.17) is 11.1 Å². The number of rotatable bonds is 1. The van der Waals surface area contributed by atoms with Gasteiger partial charge < -0.3 is 5.73 Å². The molecule has 0 aliphatic heterocycles. The van der Waals surface area contributed by atoms with Crippen LogP contribution in [0.2, 0.25) is 0 Å². The molecule has 0 amide bonds. The SMILES string of the molecule is N=C(N)Nc1nncnn1. The van der Waals surface area contributed by atoms with Gasteiger partial charge in [-0.25, -0.2) is 0 Å². The van der Waals surface area contributed by atoms with Crippen molar-refractivity contribution in [3.8, 4) is 0 Å². The molecule has 0 radical (unpaired) electrons. The van der Waals surface area contributed by atoms with E-state index in [0.717, 1.165) is 0 Å². The van der Waals surface area contributed by atoms with Gasteiger partial charge in [0, 0.05) is 0 Å². The molecule has 0 aromatic carbocycles. The molecule has 0 aliphatic rings. The van der Waals surface area contributed by atoms with E-state index < -0.39 is 0 Å². The lowest BCUT2D eigenvalue weighted by molar-refractivity contribution is 0.866. The van der Waals surface area contributed by atoms with Crippen LogP contribution in [0.3, 0.4) is 0 Å². The molecular formula is C3H5N7. The zero-order valence-corrected chi connectivity index (χ0v) is 4.94. The molecular weight excluding hydrogens is 134 g/mol. The maximum absolute atomic E-state index is 6.76. The average Bonchev–Trinajstić information content (AvgIpc) is 1.88. The van der Waals surface area contributed by atoms with E-state index in [1.165, 1.54) is 6.33 Å². The zero-order valence-electron chi connectivity index (χ0n) is 4.94. The van der Waals surface area contributed by atoms with Gasteiger partial charge >= 0.3 is 0 Å². The minimum absolute atomic E-state index is 0.120. The average molecular weight is 139 g/mol. The van der Waals surface area contributed by atoms with Crippen molar-refractivity contribution < 1.29 is 0 Å². The van der Waals surface area contributed by atoms with E-state index in [-0.39, 0.29) is 11.9 Å². The fraction of sp³-hybridized carbons (Fsp3) is 0. The van der Waals surface area contributed by atoms with Gasteiger partial charge in [0.15, 0.2) is 12.3 Å². The van der Waals surface area contributed by atoms with Crippen molar-refractivity contribution in [2.24, 2.45) is 5.73 Å². The highest BCUT2D eigenvalue weighted by Gasteiger charge is 1.93. The molecule has 0 aliphatic carbocycles. The number of nitrogens with zero attached hydrogens (tertiary/aromatic N) is 4. The van der Waals surface area contributed by atoms with Gasteiger partial charge in [-0.3, -0.25) is 10.7 Å². The Balaban J connectivity index is 2.67. The molecule has 7 nitrogen and oxygen atoms in total. The summed E-state index contributed by atoms with van der Waals surface area (Å²) in [6.45, 7) is 0. The van der Waals surface area contributed by atoms with Crippen molar-refractivity contribution in [3.63, 3.8) is 0 Å². The van der Waals surface area contributed by atoms with Gasteiger partial charge in [-0.2, -0.15) is 0 Å². The fourth-order valence-electron chi connectivity index (χ4n) is 0.375. The second-order valence-corrected chi connectivity index (χ2v) is 1.41. The molecule has 1 heterocycles. The van der Waals surface area contributed by atoms with Gasteiger partial charge in [0.05, 0.1) is 0 Å². The third kappa shape index (κ3) is 1.62. The smallest absolute Gasteiger partial charge is 0.268 e. The normalized spacial score (nSPS) is 8.80. The highest BCUT2D eigenvalue weighted by atomic mass is 15.3. The molecule has 0 spiro atoms. The summed E-state index contributed by atoms with van der Waals surface area (Å²) in [5.74, 6) is -0.121. The number of anilines is 1. The monoisotopic (exact) mass is 139 g/mol. The Labute approximate surface area is 56.2 Å². The summed E-state index contributed by atoms with van der Waals surface area (Å²) in [5.41, 5.74) is 4.96. The van der Waals surface area contributed by atoms with Gasteiger partial charge in [0.1, 0.15) is 0 Å². The predicted molar refractivity (Wildman–Crippen MR) is 33.2 cm³/mol. The van der Waals surface area contributed by atoms with Gasteiger partial charge in [0.25, 0.3) is 5.95 Å². The van der Waals surface area contributed by atoms with Gasteiger partial charge in [-0.1, -0.05) is 0 Å². The van der Waals surface area contributed by atoms with Crippen LogP contribution in [0.25, 0.3) is 0 Å². The Bertz CT molecular complexity index is 218. The Morgan fingerprint density at radius 3 is 2.60 bits per heavy atom. The molecule has 7 heteroatoms. The van der Waals surface area contributed by atoms with Crippen LogP contribution in [0.5, 0.6) is 0 Å². The zero-order chi connectivity index (χ0) is 7.40. The van der Waals surface area contributed by atoms with Gasteiger partial charge in [-0.15, -0.1) is 20.4 Å². The first-order chi connectivity index (χ1) is 4.79. The molecule has 4 N–H and O–H groups in total. The molecule has 10 heavy (non-hydrogen) atoms. The van der Waals surface area contributed by atoms with E-state index in [1.54, 1.807) is 0 Å². The summed E-state index contributed by atoms with van der Waals surface area (Å²) < 4.78 is 0. The van der Waals surface area contributed by atoms with Crippen LogP contribution in [-0.4, -0.2) is 26.4 Å². The molecule has 0 atom stereocenters. The van der Waals surface area contributed by atoms with Crippen molar-refractivity contribution in [2.45, 2.75) is 0 Å². The quantitative estimate of drug-likeness (QED) is 0.324. The lowest BCUT2D eigenvalue weighted by Gasteiger charge is -1.95. The highest BCUT2D eigenvalue weighted by Crippen LogP contribution is 1.85. The number of guanidine groups is 1. The summed E-state index contributed by atoms with van der Waals surface area (Å²) in [6.07, 6.45) is 1.19. The largest absolute Gasteiger partial charge is 0.370 e. The Morgan fingerprint density at radius 1 is 1.50 bits per heavy atom. The summed E-state index contributed by atoms with van der Waals surface area (Å²) in [7, 11) is 0. The molecule has 1 aromatic heterocycles. The van der Waals surface area contributed by atoms with E-state index in [0.29, 0.717) is 0 Å². The molecule has 1 rings (SSSR count). The lowest BCUT2D eigenvalue weighted by atomic mass is 10.9. The van der Waals surface area contributed by atoms with E-state index in [9.17, 15) is 0 Å². The molecule has 0 saturated heterocycles. The van der Waals surface area contributed by atoms with Crippen LogP contribution >= 0.6 is 0 Å². The minimum atomic E-state index is -0.241. The molecule has 0 bridgehead atoms. The van der Waals surface area contributed by atoms with Crippen LogP contribution in [-0.2, 0) is 0 Å². The summed E-state index contributed by atoms with van der Waals surface area (Å²) in [6, 6.07) is 0. The van der Waals surface area contributed by atoms with Gasteiger partial charge in [-0.05, 0) is 0 Å². The first kappa shape index (κ1) is 6.33. The van der Waals surface area contributed by atoms with Crippen molar-refractivity contribution in [1.29, 1.82) is 5.41 Å². The maximum Gasteiger partial charge on any atom is 0.268 e. The number of hydrogen-bond acceptors (Lipinski definition) is 5. The molecule has 0 saturated carbocycles. The first-order valence-corrected chi connectivity index (χ1v) is 2.40. The van der Waals surface area contributed by atoms with E-state index in [1.807, 2.05) is 0 Å². The third-order valence-electron chi connectivity index (χ3n) is 0.655. The fourth-order valence-corrected chi connectivity index (χ4v) is 0.375. The number of nitrogens with one attached hydrogen (secondary N) is 2. The standard InChI is InChI=1S/C3H5N7/c4-2(5)8-3-9-6-1-7-10-3/h1H,(H4,4,5,8,9,10). The van der Waals surface area contributed by atoms with Crippen LogP contribution in [0.1, 0.15) is 0 Å². The topological polar surface area (TPSA) is 113 Å². The Morgan fingerprint density at radius 2 is 2.10 bits per heavy atom. The summed E-state index contributed by atoms with van der Waals surface area (Å²) in [4.78, 5) is 0. The summed E-state index contributed by atoms with van der Waals surface area (Å²) >= 11 is 0. The lowest BCUT2D eigenvalue weighted by Crippen LogP contribution is -2.22. The molecule has 0 unspecified atom stereocenters. The van der Waals surface area contributed by atoms with E-state index >= 15 is 0 Å². The number of nitrogens with two attached hydrogens (primary N) is 1. The van der Waals surface area contributed by atoms with Crippen molar-refractivity contribution in [2.75, 3.05) is 5.32 Å².